The van der Waals surface area contributed by atoms with E-state index in [1.54, 1.807) is 6.20 Å². The van der Waals surface area contributed by atoms with Crippen molar-refractivity contribution in [3.8, 4) is 0 Å². The van der Waals surface area contributed by atoms with Crippen LogP contribution in [0.25, 0.3) is 0 Å². The highest BCUT2D eigenvalue weighted by molar-refractivity contribution is 5.96. The zero-order valence-corrected chi connectivity index (χ0v) is 8.64. The second-order valence-electron chi connectivity index (χ2n) is 3.13. The molecule has 1 rings (SSSR count). The van der Waals surface area contributed by atoms with Gasteiger partial charge in [-0.05, 0) is 12.1 Å². The van der Waals surface area contributed by atoms with Crippen molar-refractivity contribution in [2.24, 2.45) is 0 Å². The largest absolute Gasteiger partial charge is 0.355 e. The monoisotopic (exact) mass is 223 g/mol. The molecule has 1 heterocycles. The minimum atomic E-state index is -0.727. The number of rotatable bonds is 5. The predicted octanol–water partition coefficient (Wildman–Crippen LogP) is -0.364. The third-order valence-electron chi connectivity index (χ3n) is 1.88. The van der Waals surface area contributed by atoms with Crippen molar-refractivity contribution < 1.29 is 14.8 Å². The Bertz CT molecular complexity index is 354. The first-order valence-corrected chi connectivity index (χ1v) is 4.82. The molecule has 1 aromatic rings. The zero-order chi connectivity index (χ0) is 11.8. The Kier molecular flexibility index (Phi) is 4.94. The smallest absolute Gasteiger partial charge is 0.252 e. The molecule has 0 aliphatic carbocycles. The van der Waals surface area contributed by atoms with Gasteiger partial charge in [-0.1, -0.05) is 6.07 Å². The summed E-state index contributed by atoms with van der Waals surface area (Å²) < 4.78 is 0. The van der Waals surface area contributed by atoms with E-state index < -0.39 is 11.8 Å². The Morgan fingerprint density at radius 1 is 1.31 bits per heavy atom. The van der Waals surface area contributed by atoms with Crippen LogP contribution in [0, 0.1) is 0 Å². The molecular formula is C10H13N3O3. The van der Waals surface area contributed by atoms with E-state index in [9.17, 15) is 9.59 Å². The number of amides is 2. The van der Waals surface area contributed by atoms with Gasteiger partial charge in [0.05, 0.1) is 0 Å². The van der Waals surface area contributed by atoms with Gasteiger partial charge in [-0.15, -0.1) is 0 Å². The lowest BCUT2D eigenvalue weighted by Gasteiger charge is -2.03. The minimum Gasteiger partial charge on any atom is -0.355 e. The first-order chi connectivity index (χ1) is 7.72. The van der Waals surface area contributed by atoms with Crippen molar-refractivity contribution >= 4 is 11.8 Å². The van der Waals surface area contributed by atoms with Crippen LogP contribution in [0.1, 0.15) is 12.1 Å². The Morgan fingerprint density at radius 2 is 2.12 bits per heavy atom. The molecule has 16 heavy (non-hydrogen) atoms. The summed E-state index contributed by atoms with van der Waals surface area (Å²) in [5, 5.41) is 10.7. The zero-order valence-electron chi connectivity index (χ0n) is 8.64. The maximum atomic E-state index is 11.1. The molecule has 2 amide bonds. The lowest BCUT2D eigenvalue weighted by molar-refractivity contribution is -0.134. The van der Waals surface area contributed by atoms with Gasteiger partial charge in [0.15, 0.2) is 0 Å². The van der Waals surface area contributed by atoms with Crippen LogP contribution in [0.3, 0.4) is 0 Å². The predicted molar refractivity (Wildman–Crippen MR) is 55.5 cm³/mol. The van der Waals surface area contributed by atoms with Gasteiger partial charge in [-0.25, -0.2) is 5.48 Å². The Hall–Kier alpha value is -1.95. The molecule has 0 radical (unpaired) electrons. The number of pyridine rings is 1. The van der Waals surface area contributed by atoms with E-state index in [1.165, 1.54) is 5.48 Å². The Labute approximate surface area is 92.6 Å². The van der Waals surface area contributed by atoms with Gasteiger partial charge in [0, 0.05) is 24.9 Å². The number of hydrogen-bond donors (Lipinski definition) is 3. The van der Waals surface area contributed by atoms with Crippen molar-refractivity contribution in [3.63, 3.8) is 0 Å². The second kappa shape index (κ2) is 6.52. The third-order valence-corrected chi connectivity index (χ3v) is 1.88. The van der Waals surface area contributed by atoms with E-state index in [1.807, 2.05) is 18.2 Å². The molecule has 0 unspecified atom stereocenters. The van der Waals surface area contributed by atoms with E-state index in [0.29, 0.717) is 13.0 Å². The molecule has 0 saturated carbocycles. The van der Waals surface area contributed by atoms with Gasteiger partial charge >= 0.3 is 0 Å². The van der Waals surface area contributed by atoms with Gasteiger partial charge in [0.25, 0.3) is 5.91 Å². The topological polar surface area (TPSA) is 91.3 Å². The van der Waals surface area contributed by atoms with E-state index in [0.717, 1.165) is 5.69 Å². The van der Waals surface area contributed by atoms with E-state index in [2.05, 4.69) is 10.3 Å². The maximum absolute atomic E-state index is 11.1. The third kappa shape index (κ3) is 4.52. The second-order valence-corrected chi connectivity index (χ2v) is 3.13. The highest BCUT2D eigenvalue weighted by Crippen LogP contribution is 1.93. The summed E-state index contributed by atoms with van der Waals surface area (Å²) in [5.74, 6) is -1.15. The summed E-state index contributed by atoms with van der Waals surface area (Å²) in [4.78, 5) is 25.8. The van der Waals surface area contributed by atoms with Crippen LogP contribution in [-0.4, -0.2) is 28.6 Å². The molecule has 0 bridgehead atoms. The number of hydroxylamine groups is 1. The first kappa shape index (κ1) is 12.1. The van der Waals surface area contributed by atoms with Crippen molar-refractivity contribution in [1.82, 2.24) is 15.8 Å². The quantitative estimate of drug-likeness (QED) is 0.361. The number of carbonyl (C=O) groups is 2. The molecule has 0 saturated heterocycles. The summed E-state index contributed by atoms with van der Waals surface area (Å²) in [7, 11) is 0. The number of aromatic nitrogens is 1. The molecule has 0 aliphatic rings. The maximum Gasteiger partial charge on any atom is 0.252 e. The molecular weight excluding hydrogens is 210 g/mol. The first-order valence-electron chi connectivity index (χ1n) is 4.82. The minimum absolute atomic E-state index is 0.376. The average Bonchev–Trinajstić information content (AvgIpc) is 2.30. The average molecular weight is 223 g/mol. The summed E-state index contributed by atoms with van der Waals surface area (Å²) in [6.45, 7) is 0.411. The molecule has 3 N–H and O–H groups in total. The van der Waals surface area contributed by atoms with Crippen LogP contribution in [0.5, 0.6) is 0 Å². The van der Waals surface area contributed by atoms with E-state index in [-0.39, 0.29) is 6.42 Å². The SMILES string of the molecule is O=C(CC(=O)NCCc1ccccn1)NO. The lowest BCUT2D eigenvalue weighted by atomic mass is 10.2. The summed E-state index contributed by atoms with van der Waals surface area (Å²) >= 11 is 0. The van der Waals surface area contributed by atoms with Crippen LogP contribution in [-0.2, 0) is 16.0 Å². The van der Waals surface area contributed by atoms with Crippen LogP contribution in [0.2, 0.25) is 0 Å². The normalized spacial score (nSPS) is 9.56. The molecule has 0 aromatic carbocycles. The fraction of sp³-hybridized carbons (Fsp3) is 0.300. The van der Waals surface area contributed by atoms with Gasteiger partial charge in [0.2, 0.25) is 5.91 Å². The molecule has 0 atom stereocenters. The molecule has 0 fully saturated rings. The van der Waals surface area contributed by atoms with E-state index in [4.69, 9.17) is 5.21 Å². The fourth-order valence-corrected chi connectivity index (χ4v) is 1.12. The fourth-order valence-electron chi connectivity index (χ4n) is 1.12. The molecule has 6 heteroatoms. The molecule has 0 spiro atoms. The van der Waals surface area contributed by atoms with Crippen molar-refractivity contribution in [2.75, 3.05) is 6.54 Å². The number of nitrogens with one attached hydrogen (secondary N) is 2. The Morgan fingerprint density at radius 3 is 2.75 bits per heavy atom. The number of nitrogens with zero attached hydrogens (tertiary/aromatic N) is 1. The van der Waals surface area contributed by atoms with Gasteiger partial charge in [-0.3, -0.25) is 19.8 Å². The van der Waals surface area contributed by atoms with Crippen LogP contribution in [0.4, 0.5) is 0 Å². The lowest BCUT2D eigenvalue weighted by Crippen LogP contribution is -2.31. The highest BCUT2D eigenvalue weighted by atomic mass is 16.5. The summed E-state index contributed by atoms with van der Waals surface area (Å²) in [6.07, 6.45) is 1.91. The van der Waals surface area contributed by atoms with Crippen molar-refractivity contribution in [1.29, 1.82) is 0 Å². The summed E-state index contributed by atoms with van der Waals surface area (Å²) in [6, 6.07) is 5.53. The molecule has 0 aliphatic heterocycles. The standard InChI is InChI=1S/C10H13N3O3/c14-9(7-10(15)13-16)12-6-4-8-3-1-2-5-11-8/h1-3,5,16H,4,6-7H2,(H,12,14)(H,13,15). The number of hydrogen-bond acceptors (Lipinski definition) is 4. The van der Waals surface area contributed by atoms with Gasteiger partial charge < -0.3 is 5.32 Å². The highest BCUT2D eigenvalue weighted by Gasteiger charge is 2.07. The van der Waals surface area contributed by atoms with Crippen LogP contribution >= 0.6 is 0 Å². The Balaban J connectivity index is 2.21. The van der Waals surface area contributed by atoms with Crippen LogP contribution < -0.4 is 10.8 Å². The number of carbonyl (C=O) groups excluding carboxylic acids is 2. The van der Waals surface area contributed by atoms with Gasteiger partial charge in [-0.2, -0.15) is 0 Å². The molecule has 1 aromatic heterocycles. The van der Waals surface area contributed by atoms with Crippen molar-refractivity contribution in [3.05, 3.63) is 30.1 Å². The molecule has 6 nitrogen and oxygen atoms in total. The molecule has 86 valence electrons. The summed E-state index contributed by atoms with van der Waals surface area (Å²) in [5.41, 5.74) is 2.26. The van der Waals surface area contributed by atoms with E-state index >= 15 is 0 Å². The van der Waals surface area contributed by atoms with Crippen molar-refractivity contribution in [2.45, 2.75) is 12.8 Å². The van der Waals surface area contributed by atoms with Crippen LogP contribution in [0.15, 0.2) is 24.4 Å². The van der Waals surface area contributed by atoms with Gasteiger partial charge in [0.1, 0.15) is 6.42 Å².